The van der Waals surface area contributed by atoms with Gasteiger partial charge in [0, 0.05) is 18.3 Å². The van der Waals surface area contributed by atoms with E-state index in [1.165, 1.54) is 12.1 Å². The lowest BCUT2D eigenvalue weighted by Crippen LogP contribution is -2.38. The molecule has 0 amide bonds. The Labute approximate surface area is 76.6 Å². The summed E-state index contributed by atoms with van der Waals surface area (Å²) < 4.78 is 12.9. The Balaban J connectivity index is 2.31. The van der Waals surface area contributed by atoms with Crippen LogP contribution in [0.2, 0.25) is 0 Å². The van der Waals surface area contributed by atoms with Gasteiger partial charge in [-0.15, -0.1) is 0 Å². The van der Waals surface area contributed by atoms with Gasteiger partial charge in [0.2, 0.25) is 0 Å². The van der Waals surface area contributed by atoms with E-state index in [-0.39, 0.29) is 17.0 Å². The Morgan fingerprint density at radius 1 is 1.38 bits per heavy atom. The number of benzene rings is 1. The van der Waals surface area contributed by atoms with Crippen molar-refractivity contribution >= 4 is 5.78 Å². The van der Waals surface area contributed by atoms with Gasteiger partial charge in [0.1, 0.15) is 11.6 Å². The number of hydrogen-bond acceptors (Lipinski definition) is 1. The van der Waals surface area contributed by atoms with E-state index in [1.807, 2.05) is 13.0 Å². The summed E-state index contributed by atoms with van der Waals surface area (Å²) in [6, 6.07) is 6.52. The normalized spacial score (nSPS) is 19.7. The number of ketones is 1. The largest absolute Gasteiger partial charge is 0.300 e. The van der Waals surface area contributed by atoms with Crippen molar-refractivity contribution < 1.29 is 9.18 Å². The van der Waals surface area contributed by atoms with Crippen molar-refractivity contribution in [2.24, 2.45) is 0 Å². The standard InChI is InChI=1S/C11H11FO/c1-11(6-10(13)7-11)8-3-2-4-9(12)5-8/h2-5H,6-7H2,1H3. The van der Waals surface area contributed by atoms with Gasteiger partial charge >= 0.3 is 0 Å². The number of Topliss-reactive ketones (excluding diaryl/α,β-unsaturated/α-hetero) is 1. The molecule has 0 aromatic heterocycles. The molecule has 0 aliphatic heterocycles. The second kappa shape index (κ2) is 2.66. The molecule has 1 nitrogen and oxygen atoms in total. The van der Waals surface area contributed by atoms with Crippen LogP contribution in [0.15, 0.2) is 24.3 Å². The van der Waals surface area contributed by atoms with E-state index in [0.29, 0.717) is 12.8 Å². The van der Waals surface area contributed by atoms with Gasteiger partial charge in [0.05, 0.1) is 0 Å². The van der Waals surface area contributed by atoms with E-state index < -0.39 is 0 Å². The molecule has 1 aromatic rings. The van der Waals surface area contributed by atoms with Crippen molar-refractivity contribution in [2.75, 3.05) is 0 Å². The molecular formula is C11H11FO. The molecule has 0 spiro atoms. The van der Waals surface area contributed by atoms with Gasteiger partial charge in [0.25, 0.3) is 0 Å². The predicted molar refractivity (Wildman–Crippen MR) is 48.0 cm³/mol. The molecular weight excluding hydrogens is 167 g/mol. The van der Waals surface area contributed by atoms with Crippen molar-refractivity contribution in [3.05, 3.63) is 35.6 Å². The topological polar surface area (TPSA) is 17.1 Å². The van der Waals surface area contributed by atoms with Gasteiger partial charge in [-0.2, -0.15) is 0 Å². The van der Waals surface area contributed by atoms with Crippen LogP contribution in [0.3, 0.4) is 0 Å². The highest BCUT2D eigenvalue weighted by molar-refractivity contribution is 5.88. The fraction of sp³-hybridized carbons (Fsp3) is 0.364. The highest BCUT2D eigenvalue weighted by atomic mass is 19.1. The molecule has 0 N–H and O–H groups in total. The van der Waals surface area contributed by atoms with E-state index >= 15 is 0 Å². The van der Waals surface area contributed by atoms with Crippen molar-refractivity contribution in [3.8, 4) is 0 Å². The maximum Gasteiger partial charge on any atom is 0.134 e. The smallest absolute Gasteiger partial charge is 0.134 e. The Morgan fingerprint density at radius 3 is 2.62 bits per heavy atom. The maximum atomic E-state index is 12.9. The monoisotopic (exact) mass is 178 g/mol. The molecule has 0 saturated heterocycles. The molecule has 0 heterocycles. The van der Waals surface area contributed by atoms with Crippen LogP contribution in [-0.2, 0) is 10.2 Å². The minimum absolute atomic E-state index is 0.112. The third-order valence-electron chi connectivity index (χ3n) is 2.70. The van der Waals surface area contributed by atoms with E-state index in [2.05, 4.69) is 0 Å². The molecule has 1 fully saturated rings. The lowest BCUT2D eigenvalue weighted by molar-refractivity contribution is -0.127. The molecule has 0 atom stereocenters. The molecule has 0 radical (unpaired) electrons. The van der Waals surface area contributed by atoms with E-state index in [9.17, 15) is 9.18 Å². The van der Waals surface area contributed by atoms with Gasteiger partial charge < -0.3 is 0 Å². The molecule has 13 heavy (non-hydrogen) atoms. The molecule has 1 aromatic carbocycles. The third-order valence-corrected chi connectivity index (χ3v) is 2.70. The third kappa shape index (κ3) is 1.37. The Kier molecular flexibility index (Phi) is 1.72. The van der Waals surface area contributed by atoms with Gasteiger partial charge in [-0.25, -0.2) is 4.39 Å². The molecule has 1 aliphatic rings. The summed E-state index contributed by atoms with van der Waals surface area (Å²) in [7, 11) is 0. The average molecular weight is 178 g/mol. The first-order valence-corrected chi connectivity index (χ1v) is 4.38. The number of carbonyl (C=O) groups is 1. The highest BCUT2D eigenvalue weighted by Gasteiger charge is 2.40. The van der Waals surface area contributed by atoms with E-state index in [1.54, 1.807) is 6.07 Å². The fourth-order valence-corrected chi connectivity index (χ4v) is 1.89. The molecule has 0 bridgehead atoms. The summed E-state index contributed by atoms with van der Waals surface area (Å²) in [6.07, 6.45) is 1.10. The maximum absolute atomic E-state index is 12.9. The van der Waals surface area contributed by atoms with Crippen LogP contribution < -0.4 is 0 Å². The minimum Gasteiger partial charge on any atom is -0.300 e. The molecule has 68 valence electrons. The average Bonchev–Trinajstić information content (AvgIpc) is 2.02. The lowest BCUT2D eigenvalue weighted by atomic mass is 9.65. The van der Waals surface area contributed by atoms with Crippen LogP contribution in [-0.4, -0.2) is 5.78 Å². The number of rotatable bonds is 1. The number of hydrogen-bond donors (Lipinski definition) is 0. The SMILES string of the molecule is CC1(c2cccc(F)c2)CC(=O)C1. The van der Waals surface area contributed by atoms with Crippen LogP contribution in [0.5, 0.6) is 0 Å². The zero-order valence-corrected chi connectivity index (χ0v) is 7.51. The van der Waals surface area contributed by atoms with Crippen LogP contribution in [0, 0.1) is 5.82 Å². The second-order valence-electron chi connectivity index (χ2n) is 3.96. The molecule has 2 heteroatoms. The Hall–Kier alpha value is -1.18. The minimum atomic E-state index is -0.224. The molecule has 0 unspecified atom stereocenters. The second-order valence-corrected chi connectivity index (χ2v) is 3.96. The summed E-state index contributed by atoms with van der Waals surface area (Å²) in [5.41, 5.74) is 0.825. The van der Waals surface area contributed by atoms with Crippen molar-refractivity contribution in [3.63, 3.8) is 0 Å². The first-order chi connectivity index (χ1) is 6.10. The van der Waals surface area contributed by atoms with E-state index in [0.717, 1.165) is 5.56 Å². The van der Waals surface area contributed by atoms with Crippen LogP contribution in [0.25, 0.3) is 0 Å². The quantitative estimate of drug-likeness (QED) is 0.645. The fourth-order valence-electron chi connectivity index (χ4n) is 1.89. The van der Waals surface area contributed by atoms with Crippen molar-refractivity contribution in [1.82, 2.24) is 0 Å². The van der Waals surface area contributed by atoms with Crippen LogP contribution >= 0.6 is 0 Å². The van der Waals surface area contributed by atoms with E-state index in [4.69, 9.17) is 0 Å². The first-order valence-electron chi connectivity index (χ1n) is 4.38. The Morgan fingerprint density at radius 2 is 2.08 bits per heavy atom. The lowest BCUT2D eigenvalue weighted by Gasteiger charge is -2.37. The van der Waals surface area contributed by atoms with Gasteiger partial charge in [0.15, 0.2) is 0 Å². The summed E-state index contributed by atoms with van der Waals surface area (Å²) in [4.78, 5) is 10.9. The summed E-state index contributed by atoms with van der Waals surface area (Å²) in [5.74, 6) is 0.0461. The van der Waals surface area contributed by atoms with Crippen molar-refractivity contribution in [2.45, 2.75) is 25.2 Å². The predicted octanol–water partition coefficient (Wildman–Crippen LogP) is 2.45. The zero-order chi connectivity index (χ0) is 9.47. The summed E-state index contributed by atoms with van der Waals surface area (Å²) >= 11 is 0. The van der Waals surface area contributed by atoms with Gasteiger partial charge in [-0.1, -0.05) is 19.1 Å². The Bertz CT molecular complexity index is 349. The van der Waals surface area contributed by atoms with Gasteiger partial charge in [-0.3, -0.25) is 4.79 Å². The molecule has 1 aliphatic carbocycles. The van der Waals surface area contributed by atoms with Crippen molar-refractivity contribution in [1.29, 1.82) is 0 Å². The van der Waals surface area contributed by atoms with Crippen LogP contribution in [0.4, 0.5) is 4.39 Å². The highest BCUT2D eigenvalue weighted by Crippen LogP contribution is 2.40. The summed E-state index contributed by atoms with van der Waals surface area (Å²) in [6.45, 7) is 2.00. The number of halogens is 1. The summed E-state index contributed by atoms with van der Waals surface area (Å²) in [5, 5.41) is 0. The first kappa shape index (κ1) is 8.42. The molecule has 1 saturated carbocycles. The van der Waals surface area contributed by atoms with Crippen LogP contribution in [0.1, 0.15) is 25.3 Å². The molecule has 2 rings (SSSR count). The van der Waals surface area contributed by atoms with Gasteiger partial charge in [-0.05, 0) is 17.7 Å². The zero-order valence-electron chi connectivity index (χ0n) is 7.51. The number of carbonyl (C=O) groups excluding carboxylic acids is 1.